The number of fused-ring (bicyclic) bond motifs is 1. The molecule has 2 heterocycles. The fourth-order valence-corrected chi connectivity index (χ4v) is 2.76. The molecule has 2 aliphatic rings. The molecule has 1 fully saturated rings. The topological polar surface area (TPSA) is 50.4 Å². The first-order valence-corrected chi connectivity index (χ1v) is 7.10. The van der Waals surface area contributed by atoms with Gasteiger partial charge in [-0.3, -0.25) is 4.79 Å². The fraction of sp³-hybridized carbons (Fsp3) is 0.533. The second-order valence-electron chi connectivity index (χ2n) is 5.31. The number of piperidine rings is 1. The minimum absolute atomic E-state index is 0. The van der Waals surface area contributed by atoms with Crippen LogP contribution in [0.2, 0.25) is 0 Å². The number of halogens is 1. The number of carbonyl (C=O) groups excluding carboxylic acids is 1. The lowest BCUT2D eigenvalue weighted by Gasteiger charge is -2.22. The smallest absolute Gasteiger partial charge is 0.228 e. The van der Waals surface area contributed by atoms with E-state index in [2.05, 4.69) is 10.6 Å². The van der Waals surface area contributed by atoms with Crippen LogP contribution < -0.4 is 15.4 Å². The summed E-state index contributed by atoms with van der Waals surface area (Å²) >= 11 is 0. The van der Waals surface area contributed by atoms with Gasteiger partial charge in [0.05, 0.1) is 12.5 Å². The number of rotatable bonds is 2. The summed E-state index contributed by atoms with van der Waals surface area (Å²) in [7, 11) is 0. The van der Waals surface area contributed by atoms with Crippen LogP contribution in [0.4, 0.5) is 5.69 Å². The molecule has 0 bridgehead atoms. The first-order chi connectivity index (χ1) is 9.33. The summed E-state index contributed by atoms with van der Waals surface area (Å²) in [5, 5.41) is 6.30. The fourth-order valence-electron chi connectivity index (χ4n) is 2.76. The third-order valence-corrected chi connectivity index (χ3v) is 3.84. The number of hydrogen-bond donors (Lipinski definition) is 2. The summed E-state index contributed by atoms with van der Waals surface area (Å²) in [5.74, 6) is 1.19. The standard InChI is InChI=1S/C15H20N2O2.ClH/c18-15(12-3-1-7-16-10-12)17-13-5-6-14-11(9-13)4-2-8-19-14;/h5-6,9,12,16H,1-4,7-8,10H2,(H,17,18);1H. The van der Waals surface area contributed by atoms with Crippen molar-refractivity contribution in [2.45, 2.75) is 25.7 Å². The van der Waals surface area contributed by atoms with E-state index in [1.807, 2.05) is 18.2 Å². The van der Waals surface area contributed by atoms with Crippen LogP contribution in [0.15, 0.2) is 18.2 Å². The highest BCUT2D eigenvalue weighted by atomic mass is 35.5. The summed E-state index contributed by atoms with van der Waals surface area (Å²) < 4.78 is 5.58. The predicted molar refractivity (Wildman–Crippen MR) is 81.7 cm³/mol. The van der Waals surface area contributed by atoms with Crippen LogP contribution in [0.25, 0.3) is 0 Å². The van der Waals surface area contributed by atoms with Crippen molar-refractivity contribution in [1.82, 2.24) is 5.32 Å². The highest BCUT2D eigenvalue weighted by Gasteiger charge is 2.21. The van der Waals surface area contributed by atoms with Gasteiger partial charge in [0.1, 0.15) is 5.75 Å². The zero-order valence-corrected chi connectivity index (χ0v) is 12.3. The first kappa shape index (κ1) is 15.1. The minimum Gasteiger partial charge on any atom is -0.493 e. The molecule has 0 spiro atoms. The van der Waals surface area contributed by atoms with Crippen molar-refractivity contribution < 1.29 is 9.53 Å². The van der Waals surface area contributed by atoms with Crippen molar-refractivity contribution in [3.05, 3.63) is 23.8 Å². The summed E-state index contributed by atoms with van der Waals surface area (Å²) in [6.07, 6.45) is 4.14. The van der Waals surface area contributed by atoms with Crippen LogP contribution in [-0.2, 0) is 11.2 Å². The Balaban J connectivity index is 0.00000147. The Kier molecular flexibility index (Phi) is 5.26. The van der Waals surface area contributed by atoms with Crippen molar-refractivity contribution in [2.24, 2.45) is 5.92 Å². The van der Waals surface area contributed by atoms with E-state index >= 15 is 0 Å². The highest BCUT2D eigenvalue weighted by Crippen LogP contribution is 2.27. The Morgan fingerprint density at radius 2 is 2.25 bits per heavy atom. The number of nitrogens with one attached hydrogen (secondary N) is 2. The lowest BCUT2D eigenvalue weighted by Crippen LogP contribution is -2.37. The van der Waals surface area contributed by atoms with Gasteiger partial charge >= 0.3 is 0 Å². The molecule has 0 aliphatic carbocycles. The third-order valence-electron chi connectivity index (χ3n) is 3.84. The molecule has 1 atom stereocenters. The van der Waals surface area contributed by atoms with Crippen molar-refractivity contribution in [3.63, 3.8) is 0 Å². The molecule has 5 heteroatoms. The van der Waals surface area contributed by atoms with Gasteiger partial charge in [-0.25, -0.2) is 0 Å². The summed E-state index contributed by atoms with van der Waals surface area (Å²) in [5.41, 5.74) is 2.09. The largest absolute Gasteiger partial charge is 0.493 e. The van der Waals surface area contributed by atoms with E-state index in [1.54, 1.807) is 0 Å². The molecule has 3 rings (SSSR count). The van der Waals surface area contributed by atoms with Crippen molar-refractivity contribution in [1.29, 1.82) is 0 Å². The first-order valence-electron chi connectivity index (χ1n) is 7.10. The number of carbonyl (C=O) groups is 1. The quantitative estimate of drug-likeness (QED) is 0.881. The van der Waals surface area contributed by atoms with Crippen LogP contribution in [0, 0.1) is 5.92 Å². The molecule has 1 amide bonds. The molecule has 110 valence electrons. The lowest BCUT2D eigenvalue weighted by molar-refractivity contribution is -0.120. The Morgan fingerprint density at radius 1 is 1.35 bits per heavy atom. The van der Waals surface area contributed by atoms with Crippen molar-refractivity contribution >= 4 is 24.0 Å². The van der Waals surface area contributed by atoms with Crippen LogP contribution >= 0.6 is 12.4 Å². The van der Waals surface area contributed by atoms with E-state index in [0.29, 0.717) is 0 Å². The van der Waals surface area contributed by atoms with Crippen LogP contribution in [0.3, 0.4) is 0 Å². The molecule has 2 N–H and O–H groups in total. The molecule has 0 saturated carbocycles. The summed E-state index contributed by atoms with van der Waals surface area (Å²) in [6.45, 7) is 2.62. The van der Waals surface area contributed by atoms with Gasteiger partial charge in [-0.15, -0.1) is 12.4 Å². The van der Waals surface area contributed by atoms with Gasteiger partial charge in [0.2, 0.25) is 5.91 Å². The van der Waals surface area contributed by atoms with Crippen LogP contribution in [-0.4, -0.2) is 25.6 Å². The highest BCUT2D eigenvalue weighted by molar-refractivity contribution is 5.93. The van der Waals surface area contributed by atoms with Crippen LogP contribution in [0.1, 0.15) is 24.8 Å². The minimum atomic E-state index is 0. The van der Waals surface area contributed by atoms with Gasteiger partial charge in [0.25, 0.3) is 0 Å². The second kappa shape index (κ2) is 6.95. The average molecular weight is 297 g/mol. The molecule has 0 aromatic heterocycles. The predicted octanol–water partition coefficient (Wildman–Crippen LogP) is 2.37. The van der Waals surface area contributed by atoms with Gasteiger partial charge < -0.3 is 15.4 Å². The van der Waals surface area contributed by atoms with E-state index in [9.17, 15) is 4.79 Å². The van der Waals surface area contributed by atoms with E-state index in [1.165, 1.54) is 5.56 Å². The number of aryl methyl sites for hydroxylation is 1. The van der Waals surface area contributed by atoms with Gasteiger partial charge in [-0.2, -0.15) is 0 Å². The van der Waals surface area contributed by atoms with Crippen LogP contribution in [0.5, 0.6) is 5.75 Å². The maximum Gasteiger partial charge on any atom is 0.228 e. The van der Waals surface area contributed by atoms with Gasteiger partial charge in [0, 0.05) is 12.2 Å². The monoisotopic (exact) mass is 296 g/mol. The van der Waals surface area contributed by atoms with E-state index in [-0.39, 0.29) is 24.2 Å². The molecule has 1 aromatic carbocycles. The number of benzene rings is 1. The zero-order valence-electron chi connectivity index (χ0n) is 11.5. The Hall–Kier alpha value is -1.26. The molecule has 2 aliphatic heterocycles. The Labute approximate surface area is 125 Å². The number of hydrogen-bond acceptors (Lipinski definition) is 3. The summed E-state index contributed by atoms with van der Waals surface area (Å²) in [4.78, 5) is 12.2. The van der Waals surface area contributed by atoms with Crippen molar-refractivity contribution in [2.75, 3.05) is 25.0 Å². The van der Waals surface area contributed by atoms with Gasteiger partial charge in [-0.05, 0) is 56.0 Å². The SMILES string of the molecule is Cl.O=C(Nc1ccc2c(c1)CCCO2)C1CCCNC1. The molecular formula is C15H21ClN2O2. The van der Waals surface area contributed by atoms with Gasteiger partial charge in [0.15, 0.2) is 0 Å². The zero-order chi connectivity index (χ0) is 13.1. The second-order valence-corrected chi connectivity index (χ2v) is 5.31. The maximum absolute atomic E-state index is 12.2. The molecule has 20 heavy (non-hydrogen) atoms. The van der Waals surface area contributed by atoms with Crippen molar-refractivity contribution in [3.8, 4) is 5.75 Å². The Bertz CT molecular complexity index is 473. The summed E-state index contributed by atoms with van der Waals surface area (Å²) in [6, 6.07) is 5.93. The molecule has 1 unspecified atom stereocenters. The molecular weight excluding hydrogens is 276 g/mol. The molecule has 0 radical (unpaired) electrons. The number of ether oxygens (including phenoxy) is 1. The van der Waals surface area contributed by atoms with E-state index in [0.717, 1.165) is 56.8 Å². The molecule has 4 nitrogen and oxygen atoms in total. The lowest BCUT2D eigenvalue weighted by atomic mass is 9.98. The van der Waals surface area contributed by atoms with E-state index < -0.39 is 0 Å². The third kappa shape index (κ3) is 3.44. The van der Waals surface area contributed by atoms with Gasteiger partial charge in [-0.1, -0.05) is 0 Å². The Morgan fingerprint density at radius 3 is 3.05 bits per heavy atom. The number of amides is 1. The maximum atomic E-state index is 12.2. The van der Waals surface area contributed by atoms with E-state index in [4.69, 9.17) is 4.74 Å². The normalized spacial score (nSPS) is 21.1. The number of anilines is 1. The molecule has 1 saturated heterocycles. The average Bonchev–Trinajstić information content (AvgIpc) is 2.48. The molecule has 1 aromatic rings.